The van der Waals surface area contributed by atoms with E-state index in [9.17, 15) is 9.18 Å². The van der Waals surface area contributed by atoms with Crippen LogP contribution in [0.2, 0.25) is 0 Å². The van der Waals surface area contributed by atoms with Gasteiger partial charge in [-0.05, 0) is 36.2 Å². The summed E-state index contributed by atoms with van der Waals surface area (Å²) in [6, 6.07) is 6.35. The average Bonchev–Trinajstić information content (AvgIpc) is 3.31. The maximum absolute atomic E-state index is 13.9. The van der Waals surface area contributed by atoms with Gasteiger partial charge in [0.15, 0.2) is 18.5 Å². The lowest BCUT2D eigenvalue weighted by atomic mass is 10.1. The number of nitrogens with zero attached hydrogens (tertiary/aromatic N) is 3. The molecule has 0 spiro atoms. The normalized spacial score (nSPS) is 16.3. The van der Waals surface area contributed by atoms with Crippen molar-refractivity contribution in [2.24, 2.45) is 4.99 Å². The highest BCUT2D eigenvalue weighted by Gasteiger charge is 2.25. The first-order valence-corrected chi connectivity index (χ1v) is 9.96. The number of amides is 1. The molecule has 8 nitrogen and oxygen atoms in total. The third kappa shape index (κ3) is 5.48. The summed E-state index contributed by atoms with van der Waals surface area (Å²) in [6.07, 6.45) is 2.10. The van der Waals surface area contributed by atoms with Crippen molar-refractivity contribution in [2.45, 2.75) is 13.0 Å². The van der Waals surface area contributed by atoms with Crippen LogP contribution in [0.5, 0.6) is 5.75 Å². The molecule has 0 aliphatic carbocycles. The Kier molecular flexibility index (Phi) is 8.13. The molecule has 2 aliphatic rings. The molecule has 1 aromatic heterocycles. The number of hydrogen-bond donors (Lipinski definition) is 1. The maximum Gasteiger partial charge on any atom is 0.289 e. The van der Waals surface area contributed by atoms with Crippen molar-refractivity contribution in [2.75, 3.05) is 46.6 Å². The summed E-state index contributed by atoms with van der Waals surface area (Å²) in [5.74, 6) is 1.44. The van der Waals surface area contributed by atoms with Gasteiger partial charge < -0.3 is 29.0 Å². The first-order chi connectivity index (χ1) is 14.7. The Morgan fingerprint density at radius 3 is 2.71 bits per heavy atom. The molecule has 2 aliphatic heterocycles. The van der Waals surface area contributed by atoms with E-state index in [4.69, 9.17) is 13.9 Å². The van der Waals surface area contributed by atoms with Gasteiger partial charge in [0.1, 0.15) is 11.6 Å². The number of benzene rings is 1. The van der Waals surface area contributed by atoms with E-state index in [2.05, 4.69) is 15.2 Å². The van der Waals surface area contributed by atoms with Crippen molar-refractivity contribution in [3.05, 3.63) is 53.2 Å². The molecule has 3 heterocycles. The van der Waals surface area contributed by atoms with Gasteiger partial charge in [-0.3, -0.25) is 9.79 Å². The Hall–Kier alpha value is -2.34. The second-order valence-electron chi connectivity index (χ2n) is 7.14. The number of nitrogens with one attached hydrogen (secondary N) is 1. The molecule has 4 rings (SSSR count). The van der Waals surface area contributed by atoms with Gasteiger partial charge in [-0.1, -0.05) is 0 Å². The zero-order chi connectivity index (χ0) is 20.9. The zero-order valence-electron chi connectivity index (χ0n) is 17.3. The predicted octanol–water partition coefficient (Wildman–Crippen LogP) is 2.48. The number of fused-ring (bicyclic) bond motifs is 1. The van der Waals surface area contributed by atoms with Gasteiger partial charge in [-0.2, -0.15) is 0 Å². The highest BCUT2D eigenvalue weighted by molar-refractivity contribution is 14.0. The third-order valence-corrected chi connectivity index (χ3v) is 5.24. The molecule has 168 valence electrons. The number of aliphatic imine (C=N–C) groups is 1. The number of rotatable bonds is 4. The summed E-state index contributed by atoms with van der Waals surface area (Å²) < 4.78 is 29.9. The van der Waals surface area contributed by atoms with Gasteiger partial charge in [0.2, 0.25) is 0 Å². The summed E-state index contributed by atoms with van der Waals surface area (Å²) in [6.45, 7) is 3.64. The minimum Gasteiger partial charge on any atom is -0.467 e. The number of carbonyl (C=O) groups is 1. The Bertz CT molecular complexity index is 914. The van der Waals surface area contributed by atoms with Crippen molar-refractivity contribution in [1.82, 2.24) is 15.1 Å². The molecule has 0 bridgehead atoms. The van der Waals surface area contributed by atoms with Crippen molar-refractivity contribution in [3.63, 3.8) is 0 Å². The molecule has 10 heteroatoms. The number of piperazine rings is 1. The molecule has 1 fully saturated rings. The van der Waals surface area contributed by atoms with E-state index in [1.807, 2.05) is 0 Å². The number of guanidine groups is 1. The quantitative estimate of drug-likeness (QED) is 0.362. The monoisotopic (exact) mass is 544 g/mol. The molecular formula is C21H26FIN4O4. The fraction of sp³-hybridized carbons (Fsp3) is 0.429. The predicted molar refractivity (Wildman–Crippen MR) is 123 cm³/mol. The molecule has 0 saturated carbocycles. The van der Waals surface area contributed by atoms with Gasteiger partial charge >= 0.3 is 0 Å². The van der Waals surface area contributed by atoms with Crippen LogP contribution in [0.4, 0.5) is 4.39 Å². The number of furan rings is 1. The highest BCUT2D eigenvalue weighted by atomic mass is 127. The Balaban J connectivity index is 0.00000272. The molecule has 1 saturated heterocycles. The van der Waals surface area contributed by atoms with Gasteiger partial charge in [-0.15, -0.1) is 24.0 Å². The van der Waals surface area contributed by atoms with Crippen LogP contribution in [0.3, 0.4) is 0 Å². The highest BCUT2D eigenvalue weighted by Crippen LogP contribution is 2.29. The molecule has 1 aromatic carbocycles. The van der Waals surface area contributed by atoms with Crippen molar-refractivity contribution < 1.29 is 23.1 Å². The van der Waals surface area contributed by atoms with E-state index in [1.54, 1.807) is 24.1 Å². The molecule has 1 N–H and O–H groups in total. The number of ether oxygens (including phenoxy) is 2. The Morgan fingerprint density at radius 2 is 2.00 bits per heavy atom. The average molecular weight is 544 g/mol. The van der Waals surface area contributed by atoms with E-state index in [0.717, 1.165) is 17.1 Å². The second-order valence-corrected chi connectivity index (χ2v) is 7.14. The van der Waals surface area contributed by atoms with Crippen LogP contribution < -0.4 is 10.1 Å². The molecule has 2 aromatic rings. The van der Waals surface area contributed by atoms with Crippen LogP contribution in [0.15, 0.2) is 39.9 Å². The standard InChI is InChI=1S/C21H25FN4O4.HI/c1-23-21(26-8-6-25(7-9-26)20(27)18-3-2-10-29-18)24-5-4-15-11-17(22)12-16-13-28-14-30-19(15)16;/h2-3,10-12H,4-9,13-14H2,1H3,(H,23,24);1H. The van der Waals surface area contributed by atoms with E-state index >= 15 is 0 Å². The van der Waals surface area contributed by atoms with Crippen molar-refractivity contribution in [3.8, 4) is 5.75 Å². The van der Waals surface area contributed by atoms with Crippen molar-refractivity contribution in [1.29, 1.82) is 0 Å². The Labute approximate surface area is 197 Å². The topological polar surface area (TPSA) is 79.5 Å². The van der Waals surface area contributed by atoms with E-state index in [1.165, 1.54) is 18.4 Å². The molecular weight excluding hydrogens is 518 g/mol. The minimum atomic E-state index is -0.292. The summed E-state index contributed by atoms with van der Waals surface area (Å²) in [7, 11) is 1.73. The fourth-order valence-electron chi connectivity index (χ4n) is 3.76. The van der Waals surface area contributed by atoms with Crippen LogP contribution in [-0.4, -0.2) is 68.2 Å². The van der Waals surface area contributed by atoms with Gasteiger partial charge in [-0.25, -0.2) is 4.39 Å². The molecule has 0 atom stereocenters. The lowest BCUT2D eigenvalue weighted by molar-refractivity contribution is -0.0172. The van der Waals surface area contributed by atoms with E-state index in [-0.39, 0.29) is 42.5 Å². The maximum atomic E-state index is 13.9. The van der Waals surface area contributed by atoms with Gasteiger partial charge in [0, 0.05) is 45.3 Å². The third-order valence-electron chi connectivity index (χ3n) is 5.24. The lowest BCUT2D eigenvalue weighted by Crippen LogP contribution is -2.54. The fourth-order valence-corrected chi connectivity index (χ4v) is 3.76. The van der Waals surface area contributed by atoms with Crippen LogP contribution in [0.25, 0.3) is 0 Å². The van der Waals surface area contributed by atoms with Gasteiger partial charge in [0.25, 0.3) is 5.91 Å². The smallest absolute Gasteiger partial charge is 0.289 e. The van der Waals surface area contributed by atoms with Gasteiger partial charge in [0.05, 0.1) is 12.9 Å². The first-order valence-electron chi connectivity index (χ1n) is 9.96. The van der Waals surface area contributed by atoms with Crippen LogP contribution in [0.1, 0.15) is 21.7 Å². The lowest BCUT2D eigenvalue weighted by Gasteiger charge is -2.36. The molecule has 0 unspecified atom stereocenters. The Morgan fingerprint density at radius 1 is 1.23 bits per heavy atom. The largest absolute Gasteiger partial charge is 0.467 e. The summed E-state index contributed by atoms with van der Waals surface area (Å²) >= 11 is 0. The first kappa shape index (κ1) is 23.3. The summed E-state index contributed by atoms with van der Waals surface area (Å²) in [5.41, 5.74) is 1.54. The van der Waals surface area contributed by atoms with Crippen LogP contribution in [0, 0.1) is 5.82 Å². The SMILES string of the molecule is CN=C(NCCc1cc(F)cc2c1OCOC2)N1CCN(C(=O)c2ccco2)CC1.I. The number of carbonyl (C=O) groups excluding carboxylic acids is 1. The zero-order valence-corrected chi connectivity index (χ0v) is 19.6. The second kappa shape index (κ2) is 10.8. The molecule has 31 heavy (non-hydrogen) atoms. The van der Waals surface area contributed by atoms with E-state index in [0.29, 0.717) is 57.3 Å². The van der Waals surface area contributed by atoms with E-state index < -0.39 is 0 Å². The number of halogens is 2. The summed E-state index contributed by atoms with van der Waals surface area (Å²) in [4.78, 5) is 20.6. The molecule has 0 radical (unpaired) electrons. The molecule has 1 amide bonds. The van der Waals surface area contributed by atoms with Crippen LogP contribution >= 0.6 is 24.0 Å². The minimum absolute atomic E-state index is 0. The number of hydrogen-bond acceptors (Lipinski definition) is 5. The van der Waals surface area contributed by atoms with Crippen molar-refractivity contribution >= 4 is 35.8 Å². The summed E-state index contributed by atoms with van der Waals surface area (Å²) in [5, 5.41) is 3.33. The van der Waals surface area contributed by atoms with Crippen LogP contribution in [-0.2, 0) is 17.8 Å².